The first-order valence-electron chi connectivity index (χ1n) is 6.86. The first-order chi connectivity index (χ1) is 10.3. The molecule has 0 spiro atoms. The molecule has 0 atom stereocenters. The maximum atomic E-state index is 5.26. The van der Waals surface area contributed by atoms with E-state index in [1.165, 1.54) is 36.6 Å². The maximum absolute atomic E-state index is 5.26. The van der Waals surface area contributed by atoms with Gasteiger partial charge in [-0.3, -0.25) is 0 Å². The van der Waals surface area contributed by atoms with Crippen LogP contribution in [0.5, 0.6) is 5.75 Å². The van der Waals surface area contributed by atoms with Crippen molar-refractivity contribution < 1.29 is 4.74 Å². The number of hydrogen-bond acceptors (Lipinski definition) is 1. The van der Waals surface area contributed by atoms with Crippen molar-refractivity contribution in [3.05, 3.63) is 77.4 Å². The summed E-state index contributed by atoms with van der Waals surface area (Å²) in [6.07, 6.45) is 0. The van der Waals surface area contributed by atoms with Crippen molar-refractivity contribution in [2.75, 3.05) is 7.11 Å². The highest BCUT2D eigenvalue weighted by molar-refractivity contribution is 14.1. The Morgan fingerprint density at radius 2 is 1.48 bits per heavy atom. The van der Waals surface area contributed by atoms with Gasteiger partial charge in [-0.1, -0.05) is 48.5 Å². The Labute approximate surface area is 137 Å². The molecule has 0 aliphatic heterocycles. The van der Waals surface area contributed by atoms with Crippen LogP contribution in [0, 0.1) is 0 Å². The molecule has 0 amide bonds. The largest absolute Gasteiger partial charge is 0.497 e. The smallest absolute Gasteiger partial charge is 0.118 e. The minimum absolute atomic E-state index is 0.892. The second-order valence-electron chi connectivity index (χ2n) is 5.13. The third-order valence-electron chi connectivity index (χ3n) is 4.01. The lowest BCUT2D eigenvalue weighted by Gasteiger charge is -2.08. The van der Waals surface area contributed by atoms with Gasteiger partial charge in [0.15, 0.2) is 0 Å². The molecule has 1 nitrogen and oxygen atoms in total. The van der Waals surface area contributed by atoms with Gasteiger partial charge in [-0.05, 0) is 62.2 Å². The van der Waals surface area contributed by atoms with Crippen LogP contribution in [0.3, 0.4) is 0 Å². The first-order valence-corrected chi connectivity index (χ1v) is 7.94. The molecule has 102 valence electrons. The second kappa shape index (κ2) is 4.88. The average Bonchev–Trinajstić information content (AvgIpc) is 2.83. The van der Waals surface area contributed by atoms with Crippen LogP contribution in [0.15, 0.2) is 60.7 Å². The lowest BCUT2D eigenvalue weighted by Crippen LogP contribution is -1.87. The fourth-order valence-corrected chi connectivity index (χ4v) is 4.08. The molecule has 2 heteroatoms. The van der Waals surface area contributed by atoms with Crippen molar-refractivity contribution in [3.63, 3.8) is 0 Å². The number of hydrogen-bond donors (Lipinski definition) is 0. The van der Waals surface area contributed by atoms with E-state index in [2.05, 4.69) is 71.1 Å². The Balaban J connectivity index is 1.98. The zero-order valence-corrected chi connectivity index (χ0v) is 13.7. The van der Waals surface area contributed by atoms with Crippen molar-refractivity contribution in [3.8, 4) is 5.75 Å². The highest BCUT2D eigenvalue weighted by Gasteiger charge is 2.23. The zero-order chi connectivity index (χ0) is 14.4. The van der Waals surface area contributed by atoms with Gasteiger partial charge in [0.1, 0.15) is 5.75 Å². The molecule has 0 fully saturated rings. The van der Waals surface area contributed by atoms with E-state index in [1.807, 2.05) is 12.1 Å². The summed E-state index contributed by atoms with van der Waals surface area (Å²) in [7, 11) is 1.70. The Morgan fingerprint density at radius 3 is 2.14 bits per heavy atom. The van der Waals surface area contributed by atoms with E-state index in [1.54, 1.807) is 7.11 Å². The van der Waals surface area contributed by atoms with Crippen LogP contribution < -0.4 is 4.74 Å². The first kappa shape index (κ1) is 12.9. The molecule has 0 saturated heterocycles. The normalized spacial score (nSPS) is 13.0. The molecule has 3 aromatic carbocycles. The van der Waals surface area contributed by atoms with Gasteiger partial charge in [0, 0.05) is 9.15 Å². The van der Waals surface area contributed by atoms with Gasteiger partial charge in [0.2, 0.25) is 0 Å². The summed E-state index contributed by atoms with van der Waals surface area (Å²) in [6, 6.07) is 21.4. The van der Waals surface area contributed by atoms with Gasteiger partial charge < -0.3 is 4.74 Å². The van der Waals surface area contributed by atoms with E-state index in [-0.39, 0.29) is 0 Å². The predicted octanol–water partition coefficient (Wildman–Crippen LogP) is 5.51. The van der Waals surface area contributed by atoms with Gasteiger partial charge in [-0.25, -0.2) is 0 Å². The Bertz CT molecular complexity index is 870. The van der Waals surface area contributed by atoms with E-state index >= 15 is 0 Å². The zero-order valence-electron chi connectivity index (χ0n) is 11.6. The van der Waals surface area contributed by atoms with Crippen molar-refractivity contribution in [1.82, 2.24) is 0 Å². The molecule has 0 saturated carbocycles. The quantitative estimate of drug-likeness (QED) is 0.529. The minimum atomic E-state index is 0.892. The lowest BCUT2D eigenvalue weighted by molar-refractivity contribution is 0.415. The van der Waals surface area contributed by atoms with Crippen LogP contribution in [0.2, 0.25) is 0 Å². The number of rotatable bonds is 2. The molecule has 0 unspecified atom stereocenters. The molecule has 0 N–H and O–H groups in total. The third-order valence-corrected chi connectivity index (χ3v) is 5.13. The Hall–Kier alpha value is -1.81. The molecule has 1 aliphatic carbocycles. The molecule has 21 heavy (non-hydrogen) atoms. The predicted molar refractivity (Wildman–Crippen MR) is 96.9 cm³/mol. The summed E-state index contributed by atoms with van der Waals surface area (Å²) < 4.78 is 6.58. The summed E-state index contributed by atoms with van der Waals surface area (Å²) in [6.45, 7) is 0. The minimum Gasteiger partial charge on any atom is -0.497 e. The summed E-state index contributed by atoms with van der Waals surface area (Å²) in [5.74, 6) is 0.892. The highest BCUT2D eigenvalue weighted by Crippen LogP contribution is 2.47. The third kappa shape index (κ3) is 1.89. The van der Waals surface area contributed by atoms with Crippen molar-refractivity contribution in [1.29, 1.82) is 0 Å². The van der Waals surface area contributed by atoms with Crippen LogP contribution in [0.1, 0.15) is 16.7 Å². The molecule has 0 heterocycles. The molecule has 4 rings (SSSR count). The summed E-state index contributed by atoms with van der Waals surface area (Å²) in [4.78, 5) is 0. The summed E-state index contributed by atoms with van der Waals surface area (Å²) in [5.41, 5.74) is 5.24. The summed E-state index contributed by atoms with van der Waals surface area (Å²) >= 11 is 2.47. The van der Waals surface area contributed by atoms with Crippen LogP contribution in [0.4, 0.5) is 0 Å². The standard InChI is InChI=1S/C19H13IO/c1-21-14-10-8-13(9-11-14)18-15-6-2-4-12-5-3-7-16(17(12)15)19(18)20/h2-11H,1H3. The molecule has 0 bridgehead atoms. The van der Waals surface area contributed by atoms with Crippen molar-refractivity contribution in [2.45, 2.75) is 0 Å². The number of benzene rings is 3. The second-order valence-corrected chi connectivity index (χ2v) is 6.21. The highest BCUT2D eigenvalue weighted by atomic mass is 127. The van der Waals surface area contributed by atoms with E-state index in [0.29, 0.717) is 0 Å². The van der Waals surface area contributed by atoms with Crippen LogP contribution in [-0.2, 0) is 0 Å². The average molecular weight is 384 g/mol. The fraction of sp³-hybridized carbons (Fsp3) is 0.0526. The Kier molecular flexibility index (Phi) is 3.00. The van der Waals surface area contributed by atoms with E-state index in [0.717, 1.165) is 5.75 Å². The van der Waals surface area contributed by atoms with E-state index in [4.69, 9.17) is 4.74 Å². The SMILES string of the molecule is COc1ccc(C2=C(I)c3cccc4cccc2c34)cc1. The van der Waals surface area contributed by atoms with Gasteiger partial charge in [0.05, 0.1) is 7.11 Å². The van der Waals surface area contributed by atoms with Gasteiger partial charge in [-0.15, -0.1) is 0 Å². The molecular formula is C19H13IO. The molecule has 0 radical (unpaired) electrons. The topological polar surface area (TPSA) is 9.23 Å². The molecule has 0 aromatic heterocycles. The molecule has 1 aliphatic rings. The van der Waals surface area contributed by atoms with Crippen LogP contribution in [-0.4, -0.2) is 7.11 Å². The van der Waals surface area contributed by atoms with Gasteiger partial charge in [-0.2, -0.15) is 0 Å². The van der Waals surface area contributed by atoms with Crippen LogP contribution in [0.25, 0.3) is 19.9 Å². The van der Waals surface area contributed by atoms with Crippen molar-refractivity contribution in [2.24, 2.45) is 0 Å². The van der Waals surface area contributed by atoms with Gasteiger partial charge >= 0.3 is 0 Å². The Morgan fingerprint density at radius 1 is 0.810 bits per heavy atom. The lowest BCUT2D eigenvalue weighted by atomic mass is 9.98. The van der Waals surface area contributed by atoms with Gasteiger partial charge in [0.25, 0.3) is 0 Å². The number of methoxy groups -OCH3 is 1. The molecule has 3 aromatic rings. The number of halogens is 1. The van der Waals surface area contributed by atoms with Crippen LogP contribution >= 0.6 is 22.6 Å². The fourth-order valence-electron chi connectivity index (χ4n) is 3.03. The maximum Gasteiger partial charge on any atom is 0.118 e. The van der Waals surface area contributed by atoms with E-state index in [9.17, 15) is 0 Å². The molecular weight excluding hydrogens is 371 g/mol. The number of ether oxygens (including phenoxy) is 1. The van der Waals surface area contributed by atoms with Crippen molar-refractivity contribution >= 4 is 42.5 Å². The summed E-state index contributed by atoms with van der Waals surface area (Å²) in [5, 5.41) is 2.68. The van der Waals surface area contributed by atoms with E-state index < -0.39 is 0 Å². The monoisotopic (exact) mass is 384 g/mol.